The molecule has 3 aromatic heterocycles. The summed E-state index contributed by atoms with van der Waals surface area (Å²) in [5.74, 6) is -1.67. The van der Waals surface area contributed by atoms with Crippen molar-refractivity contribution >= 4 is 79.1 Å². The Morgan fingerprint density at radius 3 is 2.33 bits per heavy atom. The molecule has 2 saturated carbocycles. The first-order valence-electron chi connectivity index (χ1n) is 22.3. The van der Waals surface area contributed by atoms with Gasteiger partial charge >= 0.3 is 0 Å². The molecule has 2 aliphatic carbocycles. The van der Waals surface area contributed by atoms with Gasteiger partial charge in [0, 0.05) is 28.5 Å². The van der Waals surface area contributed by atoms with Crippen LogP contribution in [0.5, 0.6) is 0 Å². The maximum atomic E-state index is 13.4. The summed E-state index contributed by atoms with van der Waals surface area (Å²) in [6.07, 6.45) is 20.5. The molecule has 1 aliphatic heterocycles. The van der Waals surface area contributed by atoms with Gasteiger partial charge in [-0.25, -0.2) is 9.19 Å². The van der Waals surface area contributed by atoms with E-state index in [0.717, 1.165) is 55.7 Å². The number of aromatic nitrogens is 3. The minimum Gasteiger partial charge on any atom is -0.454 e. The normalized spacial score (nSPS) is 18.7. The van der Waals surface area contributed by atoms with Gasteiger partial charge < -0.3 is 24.9 Å². The number of pyridine rings is 1. The van der Waals surface area contributed by atoms with E-state index in [0.29, 0.717) is 58.6 Å². The fraction of sp³-hybridized carbons (Fsp3) is 0.479. The van der Waals surface area contributed by atoms with Crippen LogP contribution < -0.4 is 20.9 Å². The molecular weight excluding hydrogens is 854 g/mol. The number of aryl methyl sites for hydroxylation is 1. The molecule has 1 unspecified atom stereocenters. The number of fused-ring (bicyclic) bond motifs is 5. The second-order valence-electron chi connectivity index (χ2n) is 15.4. The molecular formula is C48H62ClN7O7S. The Kier molecular flexibility index (Phi) is 19.5. The summed E-state index contributed by atoms with van der Waals surface area (Å²) in [4.78, 5) is 76.5. The van der Waals surface area contributed by atoms with Gasteiger partial charge in [0.2, 0.25) is 11.8 Å². The van der Waals surface area contributed by atoms with Crippen molar-refractivity contribution in [3.8, 4) is 12.8 Å². The number of unbranched alkanes of at least 4 members (excludes halogenated alkanes) is 4. The smallest absolute Gasteiger partial charge is 0.271 e. The van der Waals surface area contributed by atoms with E-state index < -0.39 is 28.5 Å². The van der Waals surface area contributed by atoms with Crippen LogP contribution in [0.2, 0.25) is 5.02 Å². The number of hydrogen-bond donors (Lipinski definition) is 4. The Morgan fingerprint density at radius 2 is 1.66 bits per heavy atom. The number of carbonyl (C=O) groups is 4. The van der Waals surface area contributed by atoms with E-state index in [9.17, 15) is 28.2 Å². The number of likely N-dealkylation sites (tertiary alicyclic amines) is 1. The number of nitrogens with one attached hydrogen (secondary N) is 4. The van der Waals surface area contributed by atoms with Gasteiger partial charge in [-0.15, -0.1) is 12.8 Å². The first-order chi connectivity index (χ1) is 31.0. The number of aromatic amines is 1. The number of amides is 4. The van der Waals surface area contributed by atoms with Crippen LogP contribution in [-0.4, -0.2) is 77.6 Å². The molecule has 0 radical (unpaired) electrons. The Morgan fingerprint density at radius 1 is 0.953 bits per heavy atom. The van der Waals surface area contributed by atoms with Crippen molar-refractivity contribution in [1.82, 2.24) is 35.2 Å². The number of terminal acetylenes is 1. The number of carbonyl (C=O) groups excluding carboxylic acids is 4. The summed E-state index contributed by atoms with van der Waals surface area (Å²) in [5, 5.41) is 8.40. The van der Waals surface area contributed by atoms with Gasteiger partial charge in [0.1, 0.15) is 33.8 Å². The largest absolute Gasteiger partial charge is 0.454 e. The van der Waals surface area contributed by atoms with Crippen LogP contribution in [0.15, 0.2) is 64.1 Å². The van der Waals surface area contributed by atoms with E-state index in [2.05, 4.69) is 50.1 Å². The first-order valence-corrected chi connectivity index (χ1v) is 23.9. The van der Waals surface area contributed by atoms with Gasteiger partial charge in [-0.1, -0.05) is 96.5 Å². The van der Waals surface area contributed by atoms with E-state index in [4.69, 9.17) is 16.0 Å². The lowest BCUT2D eigenvalue weighted by atomic mass is 10.0. The molecule has 4 amide bonds. The fourth-order valence-electron chi connectivity index (χ4n) is 7.65. The summed E-state index contributed by atoms with van der Waals surface area (Å²) in [7, 11) is -1.44. The van der Waals surface area contributed by atoms with Crippen LogP contribution in [0.3, 0.4) is 0 Å². The molecule has 0 spiro atoms. The van der Waals surface area contributed by atoms with E-state index in [1.165, 1.54) is 23.7 Å². The zero-order valence-corrected chi connectivity index (χ0v) is 39.3. The van der Waals surface area contributed by atoms with Crippen molar-refractivity contribution < 1.29 is 27.8 Å². The average Bonchev–Trinajstić information content (AvgIpc) is 4.21. The maximum Gasteiger partial charge on any atom is 0.271 e. The molecule has 4 N–H and O–H groups in total. The zero-order chi connectivity index (χ0) is 47.0. The minimum atomic E-state index is -1.44. The fourth-order valence-corrected chi connectivity index (χ4v) is 8.92. The summed E-state index contributed by atoms with van der Waals surface area (Å²) >= 11 is 6.00. The summed E-state index contributed by atoms with van der Waals surface area (Å²) < 4.78 is 20.9. The Labute approximate surface area is 383 Å². The van der Waals surface area contributed by atoms with Crippen molar-refractivity contribution in [2.24, 2.45) is 5.92 Å². The van der Waals surface area contributed by atoms with Crippen LogP contribution in [0.1, 0.15) is 121 Å². The third-order valence-corrected chi connectivity index (χ3v) is 12.8. The molecule has 3 aliphatic rings. The van der Waals surface area contributed by atoms with Crippen LogP contribution in [0, 0.1) is 25.7 Å². The minimum absolute atomic E-state index is 0.00279. The number of benzene rings is 2. The number of H-pyrrole nitrogens is 1. The predicted octanol–water partition coefficient (Wildman–Crippen LogP) is 8.07. The molecule has 4 atom stereocenters. The van der Waals surface area contributed by atoms with Crippen molar-refractivity contribution in [2.45, 2.75) is 129 Å². The monoisotopic (exact) mass is 915 g/mol. The van der Waals surface area contributed by atoms with Crippen molar-refractivity contribution in [1.29, 1.82) is 0 Å². The number of rotatable bonds is 14. The molecule has 5 aromatic rings. The van der Waals surface area contributed by atoms with Gasteiger partial charge in [-0.05, 0) is 75.6 Å². The van der Waals surface area contributed by atoms with Crippen LogP contribution >= 0.6 is 11.6 Å². The second kappa shape index (κ2) is 24.5. The van der Waals surface area contributed by atoms with E-state index in [-0.39, 0.29) is 46.7 Å². The van der Waals surface area contributed by atoms with Crippen molar-refractivity contribution in [3.63, 3.8) is 0 Å². The molecule has 344 valence electrons. The zero-order valence-electron chi connectivity index (χ0n) is 37.8. The van der Waals surface area contributed by atoms with Gasteiger partial charge in [-0.3, -0.25) is 33.7 Å². The quantitative estimate of drug-likeness (QED) is 0.0629. The highest BCUT2D eigenvalue weighted by Gasteiger charge is 2.61. The third-order valence-electron chi connectivity index (χ3n) is 11.1. The molecule has 0 bridgehead atoms. The molecule has 16 heteroatoms. The lowest BCUT2D eigenvalue weighted by Crippen LogP contribution is -2.56. The van der Waals surface area contributed by atoms with Crippen molar-refractivity contribution in [2.75, 3.05) is 13.1 Å². The van der Waals surface area contributed by atoms with E-state index in [1.807, 2.05) is 52.0 Å². The highest BCUT2D eigenvalue weighted by molar-refractivity contribution is 7.84. The molecule has 14 nitrogen and oxygen atoms in total. The standard InChI is InChI=1S/C27H40N6O5S.C15H8ClNO2.2C2H6.C2H2/c1-3-4-5-6-7-9-19-14-27(19,26(37)32-39(38)20-11-12-20)31-25(36)22-10-8-13-33(22)23(34)17-30-24(35)21-16-28-18(2)15-29-21;16-8-5-6-12-11(7-8)13-14(19-12)9-3-1-2-4-10(9)15(18)17-13;3*1-2/h15-16,19-20,22H,3-14,17H2,1-2H3,(H,30,35)(H,31,36)(H,32,37);1-7H,(H,17,18);2*1-2H3;1-2H/t19-,22+,27-,39?;;;;/m1..../s1. The second-order valence-corrected chi connectivity index (χ2v) is 17.3. The molecule has 8 rings (SSSR count). The summed E-state index contributed by atoms with van der Waals surface area (Å²) in [6.45, 7) is 12.0. The lowest BCUT2D eigenvalue weighted by molar-refractivity contribution is -0.139. The molecule has 64 heavy (non-hydrogen) atoms. The van der Waals surface area contributed by atoms with Gasteiger partial charge in [-0.2, -0.15) is 0 Å². The van der Waals surface area contributed by atoms with Gasteiger partial charge in [0.15, 0.2) is 5.58 Å². The Balaban J connectivity index is 0.000000297. The average molecular weight is 917 g/mol. The van der Waals surface area contributed by atoms with Crippen LogP contribution in [0.25, 0.3) is 32.8 Å². The lowest BCUT2D eigenvalue weighted by Gasteiger charge is -2.27. The number of hydrogen-bond acceptors (Lipinski definition) is 9. The topological polar surface area (TPSA) is 196 Å². The van der Waals surface area contributed by atoms with E-state index in [1.54, 1.807) is 25.1 Å². The first kappa shape index (κ1) is 51.0. The highest BCUT2D eigenvalue weighted by atomic mass is 35.5. The maximum absolute atomic E-state index is 13.4. The number of nitrogens with zero attached hydrogens (tertiary/aromatic N) is 3. The number of halogens is 1. The summed E-state index contributed by atoms with van der Waals surface area (Å²) in [6, 6.07) is 12.1. The highest BCUT2D eigenvalue weighted by Crippen LogP contribution is 2.48. The molecule has 4 heterocycles. The molecule has 1 saturated heterocycles. The Hall–Kier alpha value is -5.59. The number of furan rings is 1. The van der Waals surface area contributed by atoms with Crippen LogP contribution in [0.4, 0.5) is 0 Å². The van der Waals surface area contributed by atoms with Crippen LogP contribution in [-0.2, 0) is 25.4 Å². The SMILES string of the molecule is C#C.CC.CC.CCCCCCC[C@@H]1C[C@]1(NC(=O)[C@@H]1CCCN1C(=O)CNC(=O)c1cnc(C)cn1)C(=O)NS(=O)C1CC1.O=c1[nH]c2c3cc(Cl)ccc3oc2c2ccccc12. The van der Waals surface area contributed by atoms with E-state index >= 15 is 0 Å². The third kappa shape index (κ3) is 12.6. The summed E-state index contributed by atoms with van der Waals surface area (Å²) in [5.41, 5.74) is 1.68. The van der Waals surface area contributed by atoms with Gasteiger partial charge in [0.25, 0.3) is 17.4 Å². The van der Waals surface area contributed by atoms with Crippen molar-refractivity contribution in [3.05, 3.63) is 81.6 Å². The van der Waals surface area contributed by atoms with Gasteiger partial charge in [0.05, 0.1) is 34.6 Å². The Bertz CT molecular complexity index is 2480. The molecule has 2 aromatic carbocycles. The molecule has 3 fully saturated rings. The predicted molar refractivity (Wildman–Crippen MR) is 255 cm³/mol.